The van der Waals surface area contributed by atoms with Crippen LogP contribution in [0.3, 0.4) is 0 Å². The largest absolute Gasteiger partial charge is 0.299 e. The van der Waals surface area contributed by atoms with Crippen LogP contribution in [-0.4, -0.2) is 16.7 Å². The topological polar surface area (TPSA) is 34.1 Å². The number of thioether (sulfide) groups is 1. The van der Waals surface area contributed by atoms with Gasteiger partial charge in [-0.1, -0.05) is 25.1 Å². The molecule has 0 heterocycles. The monoisotopic (exact) mass is 200 g/mol. The molecule has 0 bridgehead atoms. The van der Waals surface area contributed by atoms with Gasteiger partial charge in [0.1, 0.15) is 5.78 Å². The van der Waals surface area contributed by atoms with E-state index in [0.717, 1.165) is 31.4 Å². The van der Waals surface area contributed by atoms with Gasteiger partial charge in [0.25, 0.3) is 0 Å². The van der Waals surface area contributed by atoms with Crippen LogP contribution in [0.4, 0.5) is 0 Å². The number of ketones is 1. The van der Waals surface area contributed by atoms with E-state index in [9.17, 15) is 9.59 Å². The molecule has 13 heavy (non-hydrogen) atoms. The van der Waals surface area contributed by atoms with Crippen LogP contribution in [0.2, 0.25) is 0 Å². The van der Waals surface area contributed by atoms with E-state index in [4.69, 9.17) is 0 Å². The first-order valence-corrected chi connectivity index (χ1v) is 5.91. The summed E-state index contributed by atoms with van der Waals surface area (Å²) in [4.78, 5) is 22.4. The van der Waals surface area contributed by atoms with Crippen LogP contribution in [0.5, 0.6) is 0 Å². The van der Waals surface area contributed by atoms with Crippen molar-refractivity contribution in [1.29, 1.82) is 0 Å². The normalized spacial score (nSPS) is 15.8. The van der Waals surface area contributed by atoms with Crippen molar-refractivity contribution in [1.82, 2.24) is 0 Å². The van der Waals surface area contributed by atoms with E-state index in [2.05, 4.69) is 6.92 Å². The van der Waals surface area contributed by atoms with Crippen molar-refractivity contribution in [3.63, 3.8) is 0 Å². The van der Waals surface area contributed by atoms with Crippen LogP contribution in [0.25, 0.3) is 0 Å². The van der Waals surface area contributed by atoms with Gasteiger partial charge in [0.15, 0.2) is 5.12 Å². The van der Waals surface area contributed by atoms with Crippen LogP contribution < -0.4 is 0 Å². The van der Waals surface area contributed by atoms with Crippen LogP contribution in [0.15, 0.2) is 0 Å². The summed E-state index contributed by atoms with van der Waals surface area (Å²) in [5.74, 6) is 1.26. The summed E-state index contributed by atoms with van der Waals surface area (Å²) in [6.45, 7) is 2.10. The quantitative estimate of drug-likeness (QED) is 0.488. The zero-order chi connectivity index (χ0) is 9.68. The number of Topliss-reactive ketones (excluding diaryl/α,β-unsaturated/α-hetero) is 1. The van der Waals surface area contributed by atoms with Crippen molar-refractivity contribution in [2.24, 2.45) is 5.92 Å². The van der Waals surface area contributed by atoms with Gasteiger partial charge in [-0.25, -0.2) is 0 Å². The standard InChI is InChI=1S/C10H16O2S/c1-2-3-6-13-10(12)7-9(11)8-4-5-8/h8H,2-7H2,1H3. The highest BCUT2D eigenvalue weighted by Gasteiger charge is 2.30. The Morgan fingerprint density at radius 3 is 2.62 bits per heavy atom. The summed E-state index contributed by atoms with van der Waals surface area (Å²) in [7, 11) is 0. The van der Waals surface area contributed by atoms with Gasteiger partial charge in [-0.05, 0) is 19.3 Å². The number of hydrogen-bond donors (Lipinski definition) is 0. The number of carbonyl (C=O) groups is 2. The molecule has 1 rings (SSSR count). The molecule has 1 fully saturated rings. The number of unbranched alkanes of at least 4 members (excludes halogenated alkanes) is 1. The Morgan fingerprint density at radius 2 is 2.08 bits per heavy atom. The van der Waals surface area contributed by atoms with Crippen molar-refractivity contribution in [3.8, 4) is 0 Å². The Balaban J connectivity index is 2.06. The lowest BCUT2D eigenvalue weighted by atomic mass is 10.2. The maximum absolute atomic E-state index is 11.2. The molecule has 0 unspecified atom stereocenters. The molecule has 0 radical (unpaired) electrons. The first kappa shape index (κ1) is 10.8. The molecule has 0 amide bonds. The van der Waals surface area contributed by atoms with Gasteiger partial charge < -0.3 is 0 Å². The molecule has 0 aromatic rings. The molecule has 0 spiro atoms. The molecular formula is C10H16O2S. The van der Waals surface area contributed by atoms with Gasteiger partial charge >= 0.3 is 0 Å². The second-order valence-corrected chi connectivity index (χ2v) is 4.64. The summed E-state index contributed by atoms with van der Waals surface area (Å²) in [6, 6.07) is 0. The van der Waals surface area contributed by atoms with Crippen LogP contribution in [-0.2, 0) is 9.59 Å². The lowest BCUT2D eigenvalue weighted by Gasteiger charge is -1.98. The average Bonchev–Trinajstić information content (AvgIpc) is 2.86. The zero-order valence-electron chi connectivity index (χ0n) is 8.04. The van der Waals surface area contributed by atoms with Crippen molar-refractivity contribution in [2.75, 3.05) is 5.75 Å². The summed E-state index contributed by atoms with van der Waals surface area (Å²) in [5.41, 5.74) is 0. The fourth-order valence-corrected chi connectivity index (χ4v) is 1.98. The van der Waals surface area contributed by atoms with Gasteiger partial charge in [0, 0.05) is 11.7 Å². The third-order valence-corrected chi connectivity index (χ3v) is 3.07. The van der Waals surface area contributed by atoms with Crippen molar-refractivity contribution in [2.45, 2.75) is 39.0 Å². The molecule has 0 saturated heterocycles. The van der Waals surface area contributed by atoms with Crippen molar-refractivity contribution < 1.29 is 9.59 Å². The summed E-state index contributed by atoms with van der Waals surface area (Å²) < 4.78 is 0. The van der Waals surface area contributed by atoms with Crippen molar-refractivity contribution in [3.05, 3.63) is 0 Å². The van der Waals surface area contributed by atoms with E-state index in [1.54, 1.807) is 0 Å². The number of rotatable bonds is 6. The Morgan fingerprint density at radius 1 is 1.38 bits per heavy atom. The fourth-order valence-electron chi connectivity index (χ4n) is 1.07. The van der Waals surface area contributed by atoms with Crippen molar-refractivity contribution >= 4 is 22.7 Å². The van der Waals surface area contributed by atoms with E-state index >= 15 is 0 Å². The molecule has 0 aromatic heterocycles. The van der Waals surface area contributed by atoms with Gasteiger partial charge in [0.05, 0.1) is 6.42 Å². The second kappa shape index (κ2) is 5.43. The van der Waals surface area contributed by atoms with E-state index in [1.165, 1.54) is 11.8 Å². The Hall–Kier alpha value is -0.310. The summed E-state index contributed by atoms with van der Waals surface area (Å²) >= 11 is 1.31. The van der Waals surface area contributed by atoms with Crippen LogP contribution in [0, 0.1) is 5.92 Å². The lowest BCUT2D eigenvalue weighted by Crippen LogP contribution is -2.06. The van der Waals surface area contributed by atoms with Gasteiger partial charge in [-0.3, -0.25) is 9.59 Å². The molecular weight excluding hydrogens is 184 g/mol. The third kappa shape index (κ3) is 4.46. The SMILES string of the molecule is CCCCSC(=O)CC(=O)C1CC1. The first-order chi connectivity index (χ1) is 6.24. The smallest absolute Gasteiger partial charge is 0.196 e. The molecule has 0 atom stereocenters. The minimum Gasteiger partial charge on any atom is -0.299 e. The molecule has 1 aliphatic carbocycles. The number of hydrogen-bond acceptors (Lipinski definition) is 3. The van der Waals surface area contributed by atoms with E-state index in [0.29, 0.717) is 0 Å². The number of carbonyl (C=O) groups excluding carboxylic acids is 2. The van der Waals surface area contributed by atoms with Gasteiger partial charge in [0.2, 0.25) is 0 Å². The minimum absolute atomic E-state index is 0.0605. The maximum Gasteiger partial charge on any atom is 0.196 e. The molecule has 0 aromatic carbocycles. The molecule has 1 saturated carbocycles. The molecule has 3 heteroatoms. The molecule has 1 aliphatic rings. The highest BCUT2D eigenvalue weighted by Crippen LogP contribution is 2.31. The predicted octanol–water partition coefficient (Wildman–Crippen LogP) is 2.42. The predicted molar refractivity (Wildman–Crippen MR) is 54.7 cm³/mol. The highest BCUT2D eigenvalue weighted by molar-refractivity contribution is 8.13. The maximum atomic E-state index is 11.2. The van der Waals surface area contributed by atoms with Crippen LogP contribution >= 0.6 is 11.8 Å². The zero-order valence-corrected chi connectivity index (χ0v) is 8.86. The summed E-state index contributed by atoms with van der Waals surface area (Å²) in [5, 5.41) is 0.0605. The van der Waals surface area contributed by atoms with E-state index < -0.39 is 0 Å². The van der Waals surface area contributed by atoms with E-state index in [1.807, 2.05) is 0 Å². The van der Waals surface area contributed by atoms with Gasteiger partial charge in [-0.15, -0.1) is 0 Å². The summed E-state index contributed by atoms with van der Waals surface area (Å²) in [6.07, 6.45) is 4.35. The minimum atomic E-state index is 0.0605. The van der Waals surface area contributed by atoms with Gasteiger partial charge in [-0.2, -0.15) is 0 Å². The molecule has 74 valence electrons. The lowest BCUT2D eigenvalue weighted by molar-refractivity contribution is -0.124. The molecule has 2 nitrogen and oxygen atoms in total. The Kier molecular flexibility index (Phi) is 4.50. The Bertz CT molecular complexity index is 197. The Labute approximate surface area is 83.5 Å². The highest BCUT2D eigenvalue weighted by atomic mass is 32.2. The van der Waals surface area contributed by atoms with Crippen LogP contribution in [0.1, 0.15) is 39.0 Å². The average molecular weight is 200 g/mol. The third-order valence-electron chi connectivity index (χ3n) is 2.11. The molecule has 0 N–H and O–H groups in total. The molecule has 0 aliphatic heterocycles. The second-order valence-electron chi connectivity index (χ2n) is 3.49. The first-order valence-electron chi connectivity index (χ1n) is 4.92. The van der Waals surface area contributed by atoms with E-state index in [-0.39, 0.29) is 23.2 Å². The fraction of sp³-hybridized carbons (Fsp3) is 0.800.